The lowest BCUT2D eigenvalue weighted by atomic mass is 9.88. The van der Waals surface area contributed by atoms with E-state index in [1.165, 1.54) is 94.6 Å². The lowest BCUT2D eigenvalue weighted by Gasteiger charge is -2.16. The van der Waals surface area contributed by atoms with Crippen LogP contribution in [0.4, 0.5) is 0 Å². The Hall–Kier alpha value is -1.70. The number of hydrogen-bond donors (Lipinski definition) is 0. The summed E-state index contributed by atoms with van der Waals surface area (Å²) in [7, 11) is 0. The highest BCUT2D eigenvalue weighted by molar-refractivity contribution is 6.00. The van der Waals surface area contributed by atoms with E-state index in [1.54, 1.807) is 0 Å². The second-order valence-electron chi connectivity index (χ2n) is 12.1. The monoisotopic (exact) mass is 524 g/mol. The van der Waals surface area contributed by atoms with Crippen LogP contribution in [0.2, 0.25) is 0 Å². The molecule has 216 valence electrons. The van der Waals surface area contributed by atoms with Crippen LogP contribution in [-0.2, 0) is 9.59 Å². The number of carbonyl (C=O) groups excluding carboxylic acids is 2. The second-order valence-corrected chi connectivity index (χ2v) is 12.1. The highest BCUT2D eigenvalue weighted by atomic mass is 16.1. The predicted molar refractivity (Wildman–Crippen MR) is 166 cm³/mol. The lowest BCUT2D eigenvalue weighted by molar-refractivity contribution is -0.119. The quantitative estimate of drug-likeness (QED) is 0.132. The third-order valence-electron chi connectivity index (χ3n) is 9.38. The molecule has 2 aliphatic rings. The number of allylic oxidation sites excluding steroid dienone is 6. The summed E-state index contributed by atoms with van der Waals surface area (Å²) in [4.78, 5) is 23.8. The van der Waals surface area contributed by atoms with Crippen LogP contribution in [0.25, 0.3) is 0 Å². The molecule has 2 aliphatic carbocycles. The van der Waals surface area contributed by atoms with Gasteiger partial charge in [-0.3, -0.25) is 9.59 Å². The maximum absolute atomic E-state index is 11.9. The fraction of sp³-hybridized carbons (Fsp3) is 0.722. The van der Waals surface area contributed by atoms with Gasteiger partial charge in [-0.05, 0) is 88.7 Å². The molecule has 0 aromatic carbocycles. The average Bonchev–Trinajstić information content (AvgIpc) is 3.21. The number of hydrogen-bond acceptors (Lipinski definition) is 2. The van der Waals surface area contributed by atoms with E-state index in [-0.39, 0.29) is 11.8 Å². The summed E-state index contributed by atoms with van der Waals surface area (Å²) in [6.07, 6.45) is 24.4. The summed E-state index contributed by atoms with van der Waals surface area (Å²) < 4.78 is 0. The van der Waals surface area contributed by atoms with Crippen molar-refractivity contribution in [3.05, 3.63) is 47.6 Å². The van der Waals surface area contributed by atoms with Crippen molar-refractivity contribution < 1.29 is 9.59 Å². The number of rotatable bonds is 18. The molecule has 0 saturated carbocycles. The Balaban J connectivity index is 0.000000380. The Labute approximate surface area is 236 Å². The van der Waals surface area contributed by atoms with Gasteiger partial charge >= 0.3 is 0 Å². The molecule has 2 rings (SSSR count). The number of unbranched alkanes of at least 4 members (excludes halogenated alkanes) is 12. The van der Waals surface area contributed by atoms with Crippen molar-refractivity contribution in [1.82, 2.24) is 0 Å². The zero-order valence-electron chi connectivity index (χ0n) is 26.0. The Kier molecular flexibility index (Phi) is 17.5. The summed E-state index contributed by atoms with van der Waals surface area (Å²) in [5.74, 6) is 2.20. The zero-order valence-corrected chi connectivity index (χ0v) is 26.0. The van der Waals surface area contributed by atoms with Gasteiger partial charge in [0.05, 0.1) is 0 Å². The number of carbonyl (C=O) groups is 2. The van der Waals surface area contributed by atoms with Crippen LogP contribution in [0.1, 0.15) is 144 Å². The Morgan fingerprint density at radius 3 is 1.45 bits per heavy atom. The smallest absolute Gasteiger partial charge is 0.161 e. The molecule has 0 aromatic heterocycles. The third-order valence-corrected chi connectivity index (χ3v) is 9.38. The van der Waals surface area contributed by atoms with Crippen molar-refractivity contribution in [2.24, 2.45) is 23.7 Å². The third kappa shape index (κ3) is 11.2. The van der Waals surface area contributed by atoms with Crippen molar-refractivity contribution in [3.63, 3.8) is 0 Å². The molecule has 0 bridgehead atoms. The van der Waals surface area contributed by atoms with Crippen LogP contribution in [0.3, 0.4) is 0 Å². The normalized spacial score (nSPS) is 23.2. The van der Waals surface area contributed by atoms with Gasteiger partial charge < -0.3 is 0 Å². The van der Waals surface area contributed by atoms with Gasteiger partial charge in [-0.1, -0.05) is 102 Å². The first kappa shape index (κ1) is 34.3. The molecule has 0 spiro atoms. The van der Waals surface area contributed by atoms with Crippen LogP contribution >= 0.6 is 0 Å². The zero-order chi connectivity index (χ0) is 28.5. The SMILES string of the molecule is C=CCCCCCCCCC1=C(C)C(=O)C(C)C1C.C=CCCCCCCCCC1C(C)=C(C)C(=O)C1C. The summed E-state index contributed by atoms with van der Waals surface area (Å²) in [6, 6.07) is 0. The molecule has 0 N–H and O–H groups in total. The molecule has 0 fully saturated rings. The van der Waals surface area contributed by atoms with Crippen molar-refractivity contribution in [3.8, 4) is 0 Å². The van der Waals surface area contributed by atoms with Crippen molar-refractivity contribution in [1.29, 1.82) is 0 Å². The first-order chi connectivity index (χ1) is 18.2. The summed E-state index contributed by atoms with van der Waals surface area (Å²) in [5.41, 5.74) is 4.88. The van der Waals surface area contributed by atoms with E-state index in [9.17, 15) is 9.59 Å². The van der Waals surface area contributed by atoms with Crippen molar-refractivity contribution >= 4 is 11.6 Å². The van der Waals surface area contributed by atoms with Gasteiger partial charge in [0.2, 0.25) is 0 Å². The van der Waals surface area contributed by atoms with Gasteiger partial charge in [-0.2, -0.15) is 0 Å². The Bertz CT molecular complexity index is 811. The van der Waals surface area contributed by atoms with Gasteiger partial charge in [-0.15, -0.1) is 13.2 Å². The van der Waals surface area contributed by atoms with E-state index in [0.29, 0.717) is 23.4 Å². The molecule has 0 amide bonds. The molecule has 38 heavy (non-hydrogen) atoms. The van der Waals surface area contributed by atoms with E-state index in [4.69, 9.17) is 0 Å². The molecular weight excluding hydrogens is 464 g/mol. The molecule has 0 radical (unpaired) electrons. The van der Waals surface area contributed by atoms with Crippen LogP contribution in [0.5, 0.6) is 0 Å². The maximum Gasteiger partial charge on any atom is 0.161 e. The molecule has 2 heteroatoms. The van der Waals surface area contributed by atoms with E-state index < -0.39 is 0 Å². The van der Waals surface area contributed by atoms with Gasteiger partial charge in [0.15, 0.2) is 11.6 Å². The molecule has 4 atom stereocenters. The molecule has 0 heterocycles. The van der Waals surface area contributed by atoms with Crippen LogP contribution in [0, 0.1) is 23.7 Å². The first-order valence-corrected chi connectivity index (χ1v) is 15.9. The molecule has 0 aromatic rings. The van der Waals surface area contributed by atoms with E-state index in [2.05, 4.69) is 40.9 Å². The minimum Gasteiger partial charge on any atom is -0.294 e. The maximum atomic E-state index is 11.9. The highest BCUT2D eigenvalue weighted by Crippen LogP contribution is 2.38. The fourth-order valence-electron chi connectivity index (χ4n) is 6.29. The van der Waals surface area contributed by atoms with E-state index in [0.717, 1.165) is 30.4 Å². The predicted octanol–water partition coefficient (Wildman–Crippen LogP) is 10.9. The molecule has 0 saturated heterocycles. The van der Waals surface area contributed by atoms with Crippen molar-refractivity contribution in [2.45, 2.75) is 144 Å². The minimum atomic E-state index is 0.217. The van der Waals surface area contributed by atoms with Gasteiger partial charge in [-0.25, -0.2) is 0 Å². The average molecular weight is 525 g/mol. The summed E-state index contributed by atoms with van der Waals surface area (Å²) >= 11 is 0. The van der Waals surface area contributed by atoms with Crippen LogP contribution < -0.4 is 0 Å². The van der Waals surface area contributed by atoms with Crippen LogP contribution in [-0.4, -0.2) is 11.6 Å². The molecule has 4 unspecified atom stereocenters. The standard InChI is InChI=1S/2C18H30O/c2*1-5-6-7-8-9-10-11-12-13-17-14(2)15(3)18(19)16(17)4/h5,16-17H,1,6-13H2,2-4H3;5,14-15H,1,6-13H2,2-4H3. The van der Waals surface area contributed by atoms with Crippen molar-refractivity contribution in [2.75, 3.05) is 0 Å². The van der Waals surface area contributed by atoms with E-state index >= 15 is 0 Å². The first-order valence-electron chi connectivity index (χ1n) is 15.9. The molecular formula is C36H60O2. The lowest BCUT2D eigenvalue weighted by Crippen LogP contribution is -2.13. The summed E-state index contributed by atoms with van der Waals surface area (Å²) in [5, 5.41) is 0. The molecule has 0 aliphatic heterocycles. The molecule has 2 nitrogen and oxygen atoms in total. The Morgan fingerprint density at radius 1 is 0.579 bits per heavy atom. The van der Waals surface area contributed by atoms with Crippen LogP contribution in [0.15, 0.2) is 47.6 Å². The minimum absolute atomic E-state index is 0.217. The van der Waals surface area contributed by atoms with E-state index in [1.807, 2.05) is 26.0 Å². The number of ketones is 2. The fourth-order valence-corrected chi connectivity index (χ4v) is 6.29. The largest absolute Gasteiger partial charge is 0.294 e. The van der Waals surface area contributed by atoms with Gasteiger partial charge in [0.25, 0.3) is 0 Å². The Morgan fingerprint density at radius 2 is 1.03 bits per heavy atom. The topological polar surface area (TPSA) is 34.1 Å². The van der Waals surface area contributed by atoms with Gasteiger partial charge in [0, 0.05) is 11.8 Å². The van der Waals surface area contributed by atoms with Gasteiger partial charge in [0.1, 0.15) is 0 Å². The second kappa shape index (κ2) is 19.4. The summed E-state index contributed by atoms with van der Waals surface area (Å²) in [6.45, 7) is 20.0. The highest BCUT2D eigenvalue weighted by Gasteiger charge is 2.34. The number of Topliss-reactive ketones (excluding diaryl/α,β-unsaturated/α-hetero) is 2.